The molecule has 0 aromatic heterocycles. The van der Waals surface area contributed by atoms with Gasteiger partial charge in [0, 0.05) is 12.0 Å². The Morgan fingerprint density at radius 2 is 2.06 bits per heavy atom. The summed E-state index contributed by atoms with van der Waals surface area (Å²) in [4.78, 5) is 2.65. The molecule has 18 heavy (non-hydrogen) atoms. The molecule has 0 spiro atoms. The first kappa shape index (κ1) is 13.5. The van der Waals surface area contributed by atoms with Crippen LogP contribution in [0.1, 0.15) is 13.8 Å². The second-order valence-corrected chi connectivity index (χ2v) is 4.75. The van der Waals surface area contributed by atoms with E-state index in [1.807, 2.05) is 0 Å². The van der Waals surface area contributed by atoms with Gasteiger partial charge in [0.15, 0.2) is 12.1 Å². The number of hydrogen-bond acceptors (Lipinski definition) is 6. The van der Waals surface area contributed by atoms with E-state index in [0.717, 1.165) is 0 Å². The highest BCUT2D eigenvalue weighted by Crippen LogP contribution is 2.37. The van der Waals surface area contributed by atoms with Crippen molar-refractivity contribution in [3.63, 3.8) is 0 Å². The third-order valence-electron chi connectivity index (χ3n) is 3.02. The van der Waals surface area contributed by atoms with Gasteiger partial charge < -0.3 is 24.1 Å². The number of methoxy groups -OCH3 is 1. The monoisotopic (exact) mass is 259 g/mol. The average Bonchev–Trinajstić information content (AvgIpc) is 2.65. The summed E-state index contributed by atoms with van der Waals surface area (Å²) in [7, 11) is 1.48. The van der Waals surface area contributed by atoms with Gasteiger partial charge >= 0.3 is 0 Å². The molecule has 1 N–H and O–H groups in total. The third kappa shape index (κ3) is 2.44. The topological polar surface area (TPSA) is 106 Å². The van der Waals surface area contributed by atoms with E-state index < -0.39 is 36.5 Å². The van der Waals surface area contributed by atoms with Crippen LogP contribution in [0.2, 0.25) is 0 Å². The molecule has 0 aromatic carbocycles. The van der Waals surface area contributed by atoms with Crippen molar-refractivity contribution in [3.8, 4) is 0 Å². The zero-order chi connectivity index (χ0) is 13.3. The number of fused-ring (bicyclic) bond motifs is 1. The highest BCUT2D eigenvalue weighted by atomic mass is 16.8. The van der Waals surface area contributed by atoms with E-state index >= 15 is 0 Å². The molecular formula is C10H17N3O5. The molecular weight excluding hydrogens is 242 g/mol. The van der Waals surface area contributed by atoms with E-state index in [1.165, 1.54) is 7.11 Å². The molecule has 0 amide bonds. The van der Waals surface area contributed by atoms with Crippen molar-refractivity contribution in [3.05, 3.63) is 10.4 Å². The zero-order valence-electron chi connectivity index (χ0n) is 10.5. The van der Waals surface area contributed by atoms with Crippen LogP contribution in [0.25, 0.3) is 10.4 Å². The second kappa shape index (κ2) is 5.00. The van der Waals surface area contributed by atoms with Crippen LogP contribution in [-0.4, -0.2) is 55.3 Å². The SMILES string of the molecule is CO[C@H]1OC(CN=[N+]=[N-])[C@@H](O)C2OC(C)(C)OC21. The summed E-state index contributed by atoms with van der Waals surface area (Å²) in [5.41, 5.74) is 8.31. The number of azide groups is 1. The second-order valence-electron chi connectivity index (χ2n) is 4.75. The highest BCUT2D eigenvalue weighted by Gasteiger charge is 2.54. The largest absolute Gasteiger partial charge is 0.388 e. The Morgan fingerprint density at radius 3 is 2.67 bits per heavy atom. The van der Waals surface area contributed by atoms with Crippen LogP contribution in [0, 0.1) is 0 Å². The van der Waals surface area contributed by atoms with Crippen molar-refractivity contribution in [1.82, 2.24) is 0 Å². The van der Waals surface area contributed by atoms with Crippen molar-refractivity contribution in [2.45, 2.75) is 50.3 Å². The number of aliphatic hydroxyl groups excluding tert-OH is 1. The lowest BCUT2D eigenvalue weighted by Crippen LogP contribution is -2.57. The van der Waals surface area contributed by atoms with E-state index in [2.05, 4.69) is 10.0 Å². The summed E-state index contributed by atoms with van der Waals surface area (Å²) in [6.45, 7) is 3.53. The van der Waals surface area contributed by atoms with Crippen LogP contribution < -0.4 is 0 Å². The van der Waals surface area contributed by atoms with Crippen molar-refractivity contribution in [1.29, 1.82) is 0 Å². The first-order valence-electron chi connectivity index (χ1n) is 5.71. The molecule has 102 valence electrons. The van der Waals surface area contributed by atoms with Crippen LogP contribution in [0.15, 0.2) is 5.11 Å². The number of nitrogens with zero attached hydrogens (tertiary/aromatic N) is 3. The van der Waals surface area contributed by atoms with Crippen LogP contribution in [0.4, 0.5) is 0 Å². The predicted octanol–water partition coefficient (Wildman–Crippen LogP) is 0.549. The fourth-order valence-corrected chi connectivity index (χ4v) is 2.29. The van der Waals surface area contributed by atoms with E-state index in [1.54, 1.807) is 13.8 Å². The van der Waals surface area contributed by atoms with Crippen LogP contribution >= 0.6 is 0 Å². The van der Waals surface area contributed by atoms with Gasteiger partial charge in [-0.2, -0.15) is 0 Å². The molecule has 2 rings (SSSR count). The molecule has 2 fully saturated rings. The van der Waals surface area contributed by atoms with Gasteiger partial charge in [-0.05, 0) is 19.4 Å². The molecule has 2 aliphatic heterocycles. The quantitative estimate of drug-likeness (QED) is 0.452. The normalized spacial score (nSPS) is 42.1. The summed E-state index contributed by atoms with van der Waals surface area (Å²) in [6, 6.07) is 0. The van der Waals surface area contributed by atoms with Crippen LogP contribution in [0.3, 0.4) is 0 Å². The lowest BCUT2D eigenvalue weighted by Gasteiger charge is -2.38. The molecule has 0 aliphatic carbocycles. The molecule has 0 radical (unpaired) electrons. The zero-order valence-corrected chi connectivity index (χ0v) is 10.5. The van der Waals surface area contributed by atoms with E-state index in [0.29, 0.717) is 0 Å². The van der Waals surface area contributed by atoms with Gasteiger partial charge in [-0.25, -0.2) is 0 Å². The van der Waals surface area contributed by atoms with Gasteiger partial charge in [0.05, 0.1) is 12.6 Å². The maximum Gasteiger partial charge on any atom is 0.186 e. The smallest absolute Gasteiger partial charge is 0.186 e. The Balaban J connectivity index is 2.16. The van der Waals surface area contributed by atoms with Crippen molar-refractivity contribution >= 4 is 0 Å². The van der Waals surface area contributed by atoms with Crippen LogP contribution in [0.5, 0.6) is 0 Å². The minimum atomic E-state index is -0.923. The van der Waals surface area contributed by atoms with Gasteiger partial charge in [0.25, 0.3) is 0 Å². The summed E-state index contributed by atoms with van der Waals surface area (Å²) >= 11 is 0. The first-order chi connectivity index (χ1) is 8.48. The summed E-state index contributed by atoms with van der Waals surface area (Å²) in [6.07, 6.45) is -3.29. The minimum absolute atomic E-state index is 0.0184. The Bertz CT molecular complexity index is 357. The van der Waals surface area contributed by atoms with Gasteiger partial charge in [0.1, 0.15) is 18.3 Å². The molecule has 8 heteroatoms. The average molecular weight is 259 g/mol. The van der Waals surface area contributed by atoms with E-state index in [9.17, 15) is 5.11 Å². The van der Waals surface area contributed by atoms with Crippen LogP contribution in [-0.2, 0) is 18.9 Å². The fourth-order valence-electron chi connectivity index (χ4n) is 2.29. The maximum atomic E-state index is 10.1. The molecule has 2 heterocycles. The van der Waals surface area contributed by atoms with Crippen molar-refractivity contribution < 1.29 is 24.1 Å². The minimum Gasteiger partial charge on any atom is -0.388 e. The predicted molar refractivity (Wildman–Crippen MR) is 59.5 cm³/mol. The molecule has 0 saturated carbocycles. The Hall–Kier alpha value is -0.890. The number of aliphatic hydroxyl groups is 1. The van der Waals surface area contributed by atoms with Gasteiger partial charge in [-0.3, -0.25) is 0 Å². The molecule has 0 bridgehead atoms. The first-order valence-corrected chi connectivity index (χ1v) is 5.71. The molecule has 0 aromatic rings. The summed E-state index contributed by atoms with van der Waals surface area (Å²) < 4.78 is 22.0. The van der Waals surface area contributed by atoms with Crippen molar-refractivity contribution in [2.75, 3.05) is 13.7 Å². The molecule has 3 unspecified atom stereocenters. The Labute approximate surface area is 104 Å². The lowest BCUT2D eigenvalue weighted by atomic mass is 9.99. The summed E-state index contributed by atoms with van der Waals surface area (Å²) in [5, 5.41) is 13.6. The fraction of sp³-hybridized carbons (Fsp3) is 1.00. The standard InChI is InChI=1S/C10H17N3O5/c1-10(2)17-7-6(14)5(4-12-13-11)16-9(15-3)8(7)18-10/h5-9,14H,4H2,1-3H3/t5?,6-,7?,8?,9+/m1/s1. The lowest BCUT2D eigenvalue weighted by molar-refractivity contribution is -0.264. The maximum absolute atomic E-state index is 10.1. The number of hydrogen-bond donors (Lipinski definition) is 1. The number of rotatable bonds is 3. The van der Waals surface area contributed by atoms with Gasteiger partial charge in [-0.1, -0.05) is 5.11 Å². The van der Waals surface area contributed by atoms with E-state index in [4.69, 9.17) is 24.5 Å². The highest BCUT2D eigenvalue weighted by molar-refractivity contribution is 4.96. The van der Waals surface area contributed by atoms with Crippen molar-refractivity contribution in [2.24, 2.45) is 5.11 Å². The molecule has 2 aliphatic rings. The third-order valence-corrected chi connectivity index (χ3v) is 3.02. The number of ether oxygens (including phenoxy) is 4. The van der Waals surface area contributed by atoms with E-state index in [-0.39, 0.29) is 6.54 Å². The Kier molecular flexibility index (Phi) is 3.76. The Morgan fingerprint density at radius 1 is 1.39 bits per heavy atom. The molecule has 8 nitrogen and oxygen atoms in total. The molecule has 2 saturated heterocycles. The molecule has 5 atom stereocenters. The van der Waals surface area contributed by atoms with Gasteiger partial charge in [0.2, 0.25) is 0 Å². The van der Waals surface area contributed by atoms with Gasteiger partial charge in [-0.15, -0.1) is 0 Å². The summed E-state index contributed by atoms with van der Waals surface area (Å²) in [5.74, 6) is -0.802.